The maximum absolute atomic E-state index is 12.0. The lowest BCUT2D eigenvalue weighted by Gasteiger charge is -2.10. The molecular formula is C18H17ClN2O4. The minimum Gasteiger partial charge on any atom is -0.493 e. The number of nitrogens with one attached hydrogen (secondary N) is 1. The molecule has 0 saturated heterocycles. The van der Waals surface area contributed by atoms with Gasteiger partial charge in [-0.05, 0) is 41.5 Å². The number of methoxy groups -OCH3 is 1. The fourth-order valence-electron chi connectivity index (χ4n) is 1.98. The summed E-state index contributed by atoms with van der Waals surface area (Å²) in [5.41, 5.74) is 6.61. The molecule has 0 aliphatic rings. The maximum Gasteiger partial charge on any atom is 0.336 e. The van der Waals surface area contributed by atoms with Gasteiger partial charge in [0.2, 0.25) is 0 Å². The van der Waals surface area contributed by atoms with Crippen LogP contribution in [0.4, 0.5) is 4.79 Å². The third-order valence-electron chi connectivity index (χ3n) is 3.19. The number of amides is 2. The highest BCUT2D eigenvalue weighted by atomic mass is 35.5. The molecule has 0 radical (unpaired) electrons. The molecule has 3 N–H and O–H groups in total. The van der Waals surface area contributed by atoms with E-state index in [2.05, 4.69) is 5.32 Å². The average molecular weight is 361 g/mol. The Balaban J connectivity index is 2.04. The Bertz CT molecular complexity index is 788. The van der Waals surface area contributed by atoms with Crippen molar-refractivity contribution in [1.29, 1.82) is 0 Å². The molecule has 0 heterocycles. The number of hydrogen-bond donors (Lipinski definition) is 2. The standard InChI is InChI=1S/C18H17ClN2O4/c1-24-16-10-13(11-21-18(20)23)4-8-15(16)25-17(22)9-5-12-2-6-14(19)7-3-12/h2-10H,11H2,1H3,(H3,20,21,23)/b9-5+. The fraction of sp³-hybridized carbons (Fsp3) is 0.111. The lowest BCUT2D eigenvalue weighted by molar-refractivity contribution is -0.129. The highest BCUT2D eigenvalue weighted by Gasteiger charge is 2.09. The molecule has 0 fully saturated rings. The third-order valence-corrected chi connectivity index (χ3v) is 3.44. The van der Waals surface area contributed by atoms with E-state index in [4.69, 9.17) is 26.8 Å². The molecule has 0 aliphatic heterocycles. The normalized spacial score (nSPS) is 10.5. The monoisotopic (exact) mass is 360 g/mol. The number of hydrogen-bond acceptors (Lipinski definition) is 4. The Morgan fingerprint density at radius 3 is 2.52 bits per heavy atom. The number of nitrogens with two attached hydrogens (primary N) is 1. The van der Waals surface area contributed by atoms with Gasteiger partial charge in [-0.1, -0.05) is 29.8 Å². The van der Waals surface area contributed by atoms with Crippen LogP contribution in [0.25, 0.3) is 6.08 Å². The zero-order valence-corrected chi connectivity index (χ0v) is 14.2. The van der Waals surface area contributed by atoms with Crippen molar-refractivity contribution in [2.75, 3.05) is 7.11 Å². The molecule has 0 atom stereocenters. The summed E-state index contributed by atoms with van der Waals surface area (Å²) in [5, 5.41) is 3.09. The van der Waals surface area contributed by atoms with Crippen LogP contribution in [0.2, 0.25) is 5.02 Å². The van der Waals surface area contributed by atoms with Crippen molar-refractivity contribution in [1.82, 2.24) is 5.32 Å². The van der Waals surface area contributed by atoms with E-state index in [0.717, 1.165) is 11.1 Å². The topological polar surface area (TPSA) is 90.7 Å². The van der Waals surface area contributed by atoms with Gasteiger partial charge in [0, 0.05) is 17.6 Å². The van der Waals surface area contributed by atoms with Crippen molar-refractivity contribution in [2.24, 2.45) is 5.73 Å². The number of esters is 1. The first-order chi connectivity index (χ1) is 12.0. The van der Waals surface area contributed by atoms with E-state index in [-0.39, 0.29) is 12.3 Å². The van der Waals surface area contributed by atoms with E-state index in [1.54, 1.807) is 48.5 Å². The summed E-state index contributed by atoms with van der Waals surface area (Å²) >= 11 is 5.81. The van der Waals surface area contributed by atoms with Gasteiger partial charge in [0.25, 0.3) is 0 Å². The lowest BCUT2D eigenvalue weighted by atomic mass is 10.2. The Labute approximate surface area is 150 Å². The maximum atomic E-state index is 12.0. The molecule has 7 heteroatoms. The van der Waals surface area contributed by atoms with E-state index in [0.29, 0.717) is 10.8 Å². The van der Waals surface area contributed by atoms with Crippen LogP contribution in [0.5, 0.6) is 11.5 Å². The van der Waals surface area contributed by atoms with E-state index in [9.17, 15) is 9.59 Å². The molecule has 25 heavy (non-hydrogen) atoms. The molecule has 2 rings (SSSR count). The summed E-state index contributed by atoms with van der Waals surface area (Å²) in [7, 11) is 1.46. The molecule has 6 nitrogen and oxygen atoms in total. The van der Waals surface area contributed by atoms with Gasteiger partial charge in [-0.15, -0.1) is 0 Å². The first-order valence-electron chi connectivity index (χ1n) is 7.33. The first-order valence-corrected chi connectivity index (χ1v) is 7.71. The highest BCUT2D eigenvalue weighted by Crippen LogP contribution is 2.28. The van der Waals surface area contributed by atoms with Gasteiger partial charge in [0.1, 0.15) is 0 Å². The van der Waals surface area contributed by atoms with Gasteiger partial charge in [0.05, 0.1) is 7.11 Å². The molecule has 2 aromatic carbocycles. The molecule has 0 saturated carbocycles. The van der Waals surface area contributed by atoms with Crippen LogP contribution < -0.4 is 20.5 Å². The van der Waals surface area contributed by atoms with Crippen LogP contribution in [0.3, 0.4) is 0 Å². The fourth-order valence-corrected chi connectivity index (χ4v) is 2.10. The molecule has 130 valence electrons. The van der Waals surface area contributed by atoms with Crippen molar-refractivity contribution in [3.63, 3.8) is 0 Å². The summed E-state index contributed by atoms with van der Waals surface area (Å²) in [4.78, 5) is 22.7. The second-order valence-corrected chi connectivity index (χ2v) is 5.45. The largest absolute Gasteiger partial charge is 0.493 e. The van der Waals surface area contributed by atoms with Crippen LogP contribution in [-0.4, -0.2) is 19.1 Å². The van der Waals surface area contributed by atoms with E-state index < -0.39 is 12.0 Å². The van der Waals surface area contributed by atoms with Crippen LogP contribution in [-0.2, 0) is 11.3 Å². The van der Waals surface area contributed by atoms with Crippen molar-refractivity contribution >= 4 is 29.7 Å². The molecule has 0 aromatic heterocycles. The zero-order valence-electron chi connectivity index (χ0n) is 13.5. The number of ether oxygens (including phenoxy) is 2. The third kappa shape index (κ3) is 5.86. The SMILES string of the molecule is COc1cc(CNC(N)=O)ccc1OC(=O)/C=C/c1ccc(Cl)cc1. The van der Waals surface area contributed by atoms with Gasteiger partial charge >= 0.3 is 12.0 Å². The van der Waals surface area contributed by atoms with Crippen LogP contribution in [0, 0.1) is 0 Å². The molecule has 2 amide bonds. The summed E-state index contributed by atoms with van der Waals surface area (Å²) in [6.45, 7) is 0.246. The van der Waals surface area contributed by atoms with E-state index in [1.807, 2.05) is 0 Å². The number of carbonyl (C=O) groups is 2. The number of halogens is 1. The number of urea groups is 1. The summed E-state index contributed by atoms with van der Waals surface area (Å²) < 4.78 is 10.5. The van der Waals surface area contributed by atoms with Crippen LogP contribution in [0.1, 0.15) is 11.1 Å². The van der Waals surface area contributed by atoms with Gasteiger partial charge in [-0.2, -0.15) is 0 Å². The van der Waals surface area contributed by atoms with E-state index in [1.165, 1.54) is 13.2 Å². The lowest BCUT2D eigenvalue weighted by Crippen LogP contribution is -2.28. The Kier molecular flexibility index (Phi) is 6.42. The molecule has 0 spiro atoms. The molecule has 0 bridgehead atoms. The number of carbonyl (C=O) groups excluding carboxylic acids is 2. The molecular weight excluding hydrogens is 344 g/mol. The minimum atomic E-state index is -0.623. The van der Waals surface area contributed by atoms with Gasteiger partial charge in [0.15, 0.2) is 11.5 Å². The van der Waals surface area contributed by atoms with Crippen molar-refractivity contribution in [2.45, 2.75) is 6.54 Å². The number of rotatable bonds is 6. The predicted molar refractivity (Wildman–Crippen MR) is 95.5 cm³/mol. The van der Waals surface area contributed by atoms with Gasteiger partial charge in [-0.25, -0.2) is 9.59 Å². The van der Waals surface area contributed by atoms with Crippen LogP contribution in [0.15, 0.2) is 48.5 Å². The smallest absolute Gasteiger partial charge is 0.336 e. The van der Waals surface area contributed by atoms with Crippen LogP contribution >= 0.6 is 11.6 Å². The van der Waals surface area contributed by atoms with E-state index >= 15 is 0 Å². The minimum absolute atomic E-state index is 0.246. The van der Waals surface area contributed by atoms with Gasteiger partial charge < -0.3 is 20.5 Å². The summed E-state index contributed by atoms with van der Waals surface area (Å²) in [6, 6.07) is 11.3. The van der Waals surface area contributed by atoms with Crippen molar-refractivity contribution in [3.05, 3.63) is 64.7 Å². The summed E-state index contributed by atoms with van der Waals surface area (Å²) in [6.07, 6.45) is 2.93. The van der Waals surface area contributed by atoms with Crippen molar-refractivity contribution in [3.8, 4) is 11.5 Å². The predicted octanol–water partition coefficient (Wildman–Crippen LogP) is 3.14. The quantitative estimate of drug-likeness (QED) is 0.470. The Morgan fingerprint density at radius 1 is 1.16 bits per heavy atom. The number of benzene rings is 2. The Morgan fingerprint density at radius 2 is 1.88 bits per heavy atom. The highest BCUT2D eigenvalue weighted by molar-refractivity contribution is 6.30. The zero-order chi connectivity index (χ0) is 18.2. The molecule has 0 aliphatic carbocycles. The number of primary amides is 1. The average Bonchev–Trinajstić information content (AvgIpc) is 2.60. The second-order valence-electron chi connectivity index (χ2n) is 5.01. The van der Waals surface area contributed by atoms with Crippen molar-refractivity contribution < 1.29 is 19.1 Å². The van der Waals surface area contributed by atoms with Gasteiger partial charge in [-0.3, -0.25) is 0 Å². The molecule has 2 aromatic rings. The second kappa shape index (κ2) is 8.75. The summed E-state index contributed by atoms with van der Waals surface area (Å²) in [5.74, 6) is 0.101. The first kappa shape index (κ1) is 18.4. The Hall–Kier alpha value is -2.99. The molecule has 0 unspecified atom stereocenters.